The summed E-state index contributed by atoms with van der Waals surface area (Å²) in [4.78, 5) is 0. The fraction of sp³-hybridized carbons (Fsp3) is 0.692. The molecule has 0 spiro atoms. The van der Waals surface area contributed by atoms with Crippen molar-refractivity contribution < 1.29 is 53.0 Å². The predicted octanol–water partition coefficient (Wildman–Crippen LogP) is 13.7. The van der Waals surface area contributed by atoms with Gasteiger partial charge in [-0.25, -0.2) is 17.6 Å². The van der Waals surface area contributed by atoms with Gasteiger partial charge in [-0.1, -0.05) is 57.6 Å². The summed E-state index contributed by atoms with van der Waals surface area (Å²) >= 11 is 0. The number of alkyl halides is 8. The molecule has 0 radical (unpaired) electrons. The maximum Gasteiger partial charge on any atom is 0.426 e. The molecule has 0 heterocycles. The van der Waals surface area contributed by atoms with E-state index in [2.05, 4.69) is 11.7 Å². The molecule has 2 aromatic carbocycles. The molecule has 3 aliphatic carbocycles. The number of benzene rings is 2. The van der Waals surface area contributed by atoms with E-state index < -0.39 is 53.2 Å². The van der Waals surface area contributed by atoms with Crippen molar-refractivity contribution in [3.8, 4) is 5.75 Å². The quantitative estimate of drug-likeness (QED) is 0.156. The SMILES string of the molecule is CCCCCC1CCC(C2CCC(c3ccc(C4CCC(C(F)(F)Oc5cc(F)c(C(F)(F)C(F)C(F)(F)F)c(F)c5)CC4)c(F)c3)CC2)CC1. The lowest BCUT2D eigenvalue weighted by Gasteiger charge is -2.38. The Morgan fingerprint density at radius 2 is 1.22 bits per heavy atom. The van der Waals surface area contributed by atoms with E-state index in [1.807, 2.05) is 6.07 Å². The van der Waals surface area contributed by atoms with Gasteiger partial charge < -0.3 is 4.74 Å². The van der Waals surface area contributed by atoms with Crippen LogP contribution in [0, 0.1) is 41.1 Å². The van der Waals surface area contributed by atoms with Crippen LogP contribution in [-0.2, 0) is 5.92 Å². The minimum atomic E-state index is -6.14. The third kappa shape index (κ3) is 9.35. The van der Waals surface area contributed by atoms with E-state index in [0.717, 1.165) is 49.0 Å². The topological polar surface area (TPSA) is 9.23 Å². The Morgan fingerprint density at radius 1 is 0.667 bits per heavy atom. The normalized spacial score (nSPS) is 27.3. The van der Waals surface area contributed by atoms with Crippen molar-refractivity contribution in [2.75, 3.05) is 0 Å². The highest BCUT2D eigenvalue weighted by Crippen LogP contribution is 2.48. The molecule has 2 aromatic rings. The van der Waals surface area contributed by atoms with Gasteiger partial charge in [-0.2, -0.15) is 30.7 Å². The number of hydrogen-bond acceptors (Lipinski definition) is 1. The van der Waals surface area contributed by atoms with E-state index in [1.165, 1.54) is 51.4 Å². The first-order valence-corrected chi connectivity index (χ1v) is 18.5. The zero-order valence-electron chi connectivity index (χ0n) is 28.8. The van der Waals surface area contributed by atoms with Crippen molar-refractivity contribution in [2.24, 2.45) is 23.7 Å². The molecule has 0 aromatic heterocycles. The Morgan fingerprint density at radius 3 is 1.75 bits per heavy atom. The van der Waals surface area contributed by atoms with Gasteiger partial charge in [-0.05, 0) is 111 Å². The molecule has 286 valence electrons. The van der Waals surface area contributed by atoms with Crippen LogP contribution in [-0.4, -0.2) is 18.5 Å². The summed E-state index contributed by atoms with van der Waals surface area (Å²) in [6, 6.07) is 4.99. The van der Waals surface area contributed by atoms with Crippen molar-refractivity contribution in [1.82, 2.24) is 0 Å². The number of rotatable bonds is 12. The maximum atomic E-state index is 15.4. The van der Waals surface area contributed by atoms with Gasteiger partial charge in [0, 0.05) is 12.1 Å². The highest BCUT2D eigenvalue weighted by atomic mass is 19.4. The minimum absolute atomic E-state index is 0.126. The van der Waals surface area contributed by atoms with E-state index >= 15 is 13.2 Å². The van der Waals surface area contributed by atoms with Crippen LogP contribution in [0.5, 0.6) is 5.75 Å². The molecule has 0 bridgehead atoms. The molecule has 3 saturated carbocycles. The van der Waals surface area contributed by atoms with Crippen LogP contribution in [0.15, 0.2) is 30.3 Å². The molecule has 1 unspecified atom stereocenters. The summed E-state index contributed by atoms with van der Waals surface area (Å²) in [5.41, 5.74) is -1.17. The molecule has 3 aliphatic rings. The van der Waals surface area contributed by atoms with Gasteiger partial charge in [0.05, 0.1) is 11.5 Å². The first-order valence-electron chi connectivity index (χ1n) is 18.5. The minimum Gasteiger partial charge on any atom is -0.432 e. The Labute approximate surface area is 292 Å². The van der Waals surface area contributed by atoms with Gasteiger partial charge >= 0.3 is 18.2 Å². The molecular formula is C39H47F11O. The molecule has 3 fully saturated rings. The Kier molecular flexibility index (Phi) is 12.6. The van der Waals surface area contributed by atoms with Crippen LogP contribution in [0.25, 0.3) is 0 Å². The van der Waals surface area contributed by atoms with Crippen LogP contribution in [0.3, 0.4) is 0 Å². The van der Waals surface area contributed by atoms with E-state index in [4.69, 9.17) is 0 Å². The summed E-state index contributed by atoms with van der Waals surface area (Å²) in [7, 11) is 0. The van der Waals surface area contributed by atoms with Gasteiger partial charge in [0.15, 0.2) is 0 Å². The number of hydrogen-bond donors (Lipinski definition) is 0. The third-order valence-electron chi connectivity index (χ3n) is 11.9. The number of ether oxygens (including phenoxy) is 1. The Bertz CT molecular complexity index is 1410. The second kappa shape index (κ2) is 16.2. The van der Waals surface area contributed by atoms with Crippen molar-refractivity contribution in [2.45, 2.75) is 146 Å². The molecule has 0 N–H and O–H groups in total. The van der Waals surface area contributed by atoms with Gasteiger partial charge in [-0.3, -0.25) is 0 Å². The van der Waals surface area contributed by atoms with Crippen LogP contribution < -0.4 is 4.74 Å². The summed E-state index contributed by atoms with van der Waals surface area (Å²) < 4.78 is 158. The molecule has 0 amide bonds. The van der Waals surface area contributed by atoms with Gasteiger partial charge in [0.25, 0.3) is 6.17 Å². The fourth-order valence-electron chi connectivity index (χ4n) is 8.92. The first-order chi connectivity index (χ1) is 24.0. The largest absolute Gasteiger partial charge is 0.432 e. The summed E-state index contributed by atoms with van der Waals surface area (Å²) in [6.45, 7) is 2.24. The lowest BCUT2D eigenvalue weighted by molar-refractivity contribution is -0.249. The average molecular weight is 741 g/mol. The zero-order valence-corrected chi connectivity index (χ0v) is 28.8. The molecule has 1 atom stereocenters. The summed E-state index contributed by atoms with van der Waals surface area (Å²) in [5, 5.41) is 0. The van der Waals surface area contributed by atoms with Gasteiger partial charge in [0.1, 0.15) is 23.2 Å². The van der Waals surface area contributed by atoms with E-state index in [1.54, 1.807) is 12.1 Å². The van der Waals surface area contributed by atoms with Crippen LogP contribution in [0.4, 0.5) is 48.3 Å². The molecule has 0 aliphatic heterocycles. The highest BCUT2D eigenvalue weighted by Gasteiger charge is 2.60. The zero-order chi connectivity index (χ0) is 37.1. The average Bonchev–Trinajstić information content (AvgIpc) is 3.07. The van der Waals surface area contributed by atoms with Crippen LogP contribution in [0.1, 0.15) is 138 Å². The van der Waals surface area contributed by atoms with Crippen molar-refractivity contribution in [3.63, 3.8) is 0 Å². The number of unbranched alkanes of at least 4 members (excludes halogenated alkanes) is 2. The second-order valence-electron chi connectivity index (χ2n) is 15.2. The third-order valence-corrected chi connectivity index (χ3v) is 11.9. The van der Waals surface area contributed by atoms with Gasteiger partial charge in [0.2, 0.25) is 0 Å². The summed E-state index contributed by atoms with van der Waals surface area (Å²) in [6.07, 6.45) is -0.197. The Balaban J connectivity index is 1.12. The van der Waals surface area contributed by atoms with Crippen molar-refractivity contribution >= 4 is 0 Å². The number of halogens is 11. The molecule has 5 rings (SSSR count). The lowest BCUT2D eigenvalue weighted by Crippen LogP contribution is -2.41. The molecule has 1 nitrogen and oxygen atoms in total. The molecule has 0 saturated heterocycles. The fourth-order valence-corrected chi connectivity index (χ4v) is 8.92. The lowest BCUT2D eigenvalue weighted by atomic mass is 9.68. The van der Waals surface area contributed by atoms with E-state index in [0.29, 0.717) is 5.56 Å². The van der Waals surface area contributed by atoms with E-state index in [-0.39, 0.29) is 55.5 Å². The Hall–Kier alpha value is -2.53. The maximum absolute atomic E-state index is 15.4. The molecule has 12 heteroatoms. The summed E-state index contributed by atoms with van der Waals surface area (Å²) in [5.74, 6) is -11.2. The predicted molar refractivity (Wildman–Crippen MR) is 172 cm³/mol. The molecular weight excluding hydrogens is 693 g/mol. The monoisotopic (exact) mass is 740 g/mol. The van der Waals surface area contributed by atoms with Crippen LogP contribution >= 0.6 is 0 Å². The standard InChI is InChI=1S/C39H47F11O/c1-2-3-4-5-23-6-8-24(9-7-23)25-10-12-26(13-11-25)28-16-19-31(32(40)20-28)27-14-17-29(18-15-27)39(49,50)51-30-21-33(41)35(34(42)22-30)37(44,45)36(43)38(46,47)48/h16,19-27,29,36H,2-15,17-18H2,1H3. The molecule has 51 heavy (non-hydrogen) atoms. The van der Waals surface area contributed by atoms with Crippen LogP contribution in [0.2, 0.25) is 0 Å². The first kappa shape index (κ1) is 39.7. The highest BCUT2D eigenvalue weighted by molar-refractivity contribution is 5.35. The smallest absolute Gasteiger partial charge is 0.426 e. The van der Waals surface area contributed by atoms with Crippen molar-refractivity contribution in [3.05, 3.63) is 64.5 Å². The van der Waals surface area contributed by atoms with E-state index in [9.17, 15) is 35.1 Å². The second-order valence-corrected chi connectivity index (χ2v) is 15.2. The van der Waals surface area contributed by atoms with Crippen molar-refractivity contribution in [1.29, 1.82) is 0 Å². The van der Waals surface area contributed by atoms with Gasteiger partial charge in [-0.15, -0.1) is 0 Å².